The van der Waals surface area contributed by atoms with Gasteiger partial charge < -0.3 is 10.6 Å². The third-order valence-corrected chi connectivity index (χ3v) is 3.26. The van der Waals surface area contributed by atoms with E-state index in [1.54, 1.807) is 0 Å². The van der Waals surface area contributed by atoms with Crippen molar-refractivity contribution in [2.45, 2.75) is 38.6 Å². The second-order valence-electron chi connectivity index (χ2n) is 4.81. The lowest BCUT2D eigenvalue weighted by Gasteiger charge is -2.31. The average molecular weight is 251 g/mol. The highest BCUT2D eigenvalue weighted by Crippen LogP contribution is 2.09. The van der Waals surface area contributed by atoms with Crippen LogP contribution in [0.3, 0.4) is 0 Å². The van der Waals surface area contributed by atoms with Gasteiger partial charge in [0.15, 0.2) is 0 Å². The van der Waals surface area contributed by atoms with E-state index >= 15 is 0 Å². The molecule has 102 valence electrons. The smallest absolute Gasteiger partial charge is 0.221 e. The van der Waals surface area contributed by atoms with E-state index < -0.39 is 0 Å². The summed E-state index contributed by atoms with van der Waals surface area (Å²) in [4.78, 5) is 13.7. The van der Waals surface area contributed by atoms with Gasteiger partial charge >= 0.3 is 0 Å². The lowest BCUT2D eigenvalue weighted by Crippen LogP contribution is -2.43. The molecule has 1 rings (SSSR count). The van der Waals surface area contributed by atoms with Crippen molar-refractivity contribution in [2.75, 3.05) is 32.7 Å². The Hall–Kier alpha value is -1.05. The Labute approximate surface area is 110 Å². The molecule has 0 atom stereocenters. The first-order valence-electron chi connectivity index (χ1n) is 6.92. The van der Waals surface area contributed by atoms with E-state index in [9.17, 15) is 4.79 Å². The third kappa shape index (κ3) is 6.04. The van der Waals surface area contributed by atoms with Crippen LogP contribution in [0.1, 0.15) is 32.6 Å². The number of likely N-dealkylation sites (tertiary alicyclic amines) is 1. The van der Waals surface area contributed by atoms with E-state index in [1.165, 1.54) is 0 Å². The highest BCUT2D eigenvalue weighted by atomic mass is 16.1. The number of amides is 1. The monoisotopic (exact) mass is 251 g/mol. The fraction of sp³-hybridized carbons (Fsp3) is 0.786. The molecule has 4 heteroatoms. The Morgan fingerprint density at radius 3 is 2.72 bits per heavy atom. The highest BCUT2D eigenvalue weighted by molar-refractivity contribution is 5.75. The predicted octanol–water partition coefficient (Wildman–Crippen LogP) is 0.590. The molecule has 0 unspecified atom stereocenters. The van der Waals surface area contributed by atoms with Gasteiger partial charge in [0.1, 0.15) is 0 Å². The zero-order valence-corrected chi connectivity index (χ0v) is 11.4. The maximum Gasteiger partial charge on any atom is 0.221 e. The van der Waals surface area contributed by atoms with Gasteiger partial charge in [0.25, 0.3) is 0 Å². The van der Waals surface area contributed by atoms with Gasteiger partial charge in [-0.2, -0.15) is 0 Å². The summed E-state index contributed by atoms with van der Waals surface area (Å²) in [6.45, 7) is 6.49. The Morgan fingerprint density at radius 2 is 2.11 bits per heavy atom. The molecule has 1 fully saturated rings. The fourth-order valence-electron chi connectivity index (χ4n) is 2.17. The van der Waals surface area contributed by atoms with E-state index in [0.717, 1.165) is 52.0 Å². The van der Waals surface area contributed by atoms with Gasteiger partial charge in [-0.15, -0.1) is 6.42 Å². The molecule has 0 aromatic carbocycles. The number of nitrogens with one attached hydrogen (secondary N) is 2. The van der Waals surface area contributed by atoms with Gasteiger partial charge in [-0.05, 0) is 19.3 Å². The van der Waals surface area contributed by atoms with Crippen molar-refractivity contribution in [3.05, 3.63) is 0 Å². The standard InChI is InChI=1S/C14H25N3O/c1-3-8-16-14(18)5-9-15-13-6-11-17(10-4-2)12-7-13/h2,13,15H,3,5-12H2,1H3,(H,16,18). The summed E-state index contributed by atoms with van der Waals surface area (Å²) in [6, 6.07) is 0.540. The van der Waals surface area contributed by atoms with Crippen LogP contribution in [-0.2, 0) is 4.79 Å². The molecule has 1 aliphatic heterocycles. The number of hydrogen-bond donors (Lipinski definition) is 2. The van der Waals surface area contributed by atoms with Gasteiger partial charge in [-0.3, -0.25) is 9.69 Å². The molecule has 1 saturated heterocycles. The first-order valence-corrected chi connectivity index (χ1v) is 6.92. The van der Waals surface area contributed by atoms with E-state index in [-0.39, 0.29) is 5.91 Å². The SMILES string of the molecule is C#CCN1CCC(NCCC(=O)NCCC)CC1. The maximum atomic E-state index is 11.4. The number of piperidine rings is 1. The second-order valence-corrected chi connectivity index (χ2v) is 4.81. The number of hydrogen-bond acceptors (Lipinski definition) is 3. The van der Waals surface area contributed by atoms with Gasteiger partial charge in [0, 0.05) is 38.6 Å². The Morgan fingerprint density at radius 1 is 1.39 bits per heavy atom. The summed E-state index contributed by atoms with van der Waals surface area (Å²) in [6.07, 6.45) is 9.11. The Balaban J connectivity index is 2.04. The minimum Gasteiger partial charge on any atom is -0.356 e. The molecule has 0 aromatic heterocycles. The number of carbonyl (C=O) groups is 1. The molecule has 1 aliphatic rings. The van der Waals surface area contributed by atoms with Crippen LogP contribution in [0.4, 0.5) is 0 Å². The largest absolute Gasteiger partial charge is 0.356 e. The second kappa shape index (κ2) is 8.96. The molecule has 18 heavy (non-hydrogen) atoms. The molecular weight excluding hydrogens is 226 g/mol. The number of rotatable bonds is 7. The van der Waals surface area contributed by atoms with Gasteiger partial charge in [-0.25, -0.2) is 0 Å². The summed E-state index contributed by atoms with van der Waals surface area (Å²) in [5.74, 6) is 2.83. The van der Waals surface area contributed by atoms with E-state index in [0.29, 0.717) is 12.5 Å². The van der Waals surface area contributed by atoms with E-state index in [1.807, 2.05) is 0 Å². The summed E-state index contributed by atoms with van der Waals surface area (Å²) in [7, 11) is 0. The first-order chi connectivity index (χ1) is 8.76. The lowest BCUT2D eigenvalue weighted by atomic mass is 10.1. The van der Waals surface area contributed by atoms with Gasteiger partial charge in [-0.1, -0.05) is 12.8 Å². The van der Waals surface area contributed by atoms with Crippen LogP contribution in [-0.4, -0.2) is 49.6 Å². The summed E-state index contributed by atoms with van der Waals surface area (Å²) in [5.41, 5.74) is 0. The zero-order valence-electron chi connectivity index (χ0n) is 11.4. The summed E-state index contributed by atoms with van der Waals surface area (Å²) < 4.78 is 0. The molecule has 0 spiro atoms. The average Bonchev–Trinajstić information content (AvgIpc) is 2.39. The Bertz CT molecular complexity index is 277. The van der Waals surface area contributed by atoms with E-state index in [4.69, 9.17) is 6.42 Å². The number of carbonyl (C=O) groups excluding carboxylic acids is 1. The van der Waals surface area contributed by atoms with Crippen molar-refractivity contribution in [3.8, 4) is 12.3 Å². The third-order valence-electron chi connectivity index (χ3n) is 3.26. The molecule has 1 amide bonds. The molecule has 0 aromatic rings. The van der Waals surface area contributed by atoms with Crippen LogP contribution < -0.4 is 10.6 Å². The number of terminal acetylenes is 1. The van der Waals surface area contributed by atoms with Crippen molar-refractivity contribution in [1.82, 2.24) is 15.5 Å². The van der Waals surface area contributed by atoms with E-state index in [2.05, 4.69) is 28.4 Å². The van der Waals surface area contributed by atoms with Crippen molar-refractivity contribution in [2.24, 2.45) is 0 Å². The van der Waals surface area contributed by atoms with Crippen molar-refractivity contribution in [3.63, 3.8) is 0 Å². The van der Waals surface area contributed by atoms with Crippen molar-refractivity contribution >= 4 is 5.91 Å². The van der Waals surface area contributed by atoms with Crippen LogP contribution >= 0.6 is 0 Å². The zero-order chi connectivity index (χ0) is 13.2. The van der Waals surface area contributed by atoms with Crippen LogP contribution in [0, 0.1) is 12.3 Å². The summed E-state index contributed by atoms with van der Waals surface area (Å²) >= 11 is 0. The Kier molecular flexibility index (Phi) is 7.47. The maximum absolute atomic E-state index is 11.4. The molecule has 1 heterocycles. The molecule has 0 aliphatic carbocycles. The minimum absolute atomic E-state index is 0.147. The van der Waals surface area contributed by atoms with Crippen LogP contribution in [0.5, 0.6) is 0 Å². The van der Waals surface area contributed by atoms with Crippen LogP contribution in [0.2, 0.25) is 0 Å². The van der Waals surface area contributed by atoms with Gasteiger partial charge in [0.2, 0.25) is 5.91 Å². The lowest BCUT2D eigenvalue weighted by molar-refractivity contribution is -0.121. The van der Waals surface area contributed by atoms with Crippen molar-refractivity contribution < 1.29 is 4.79 Å². The fourth-order valence-corrected chi connectivity index (χ4v) is 2.17. The van der Waals surface area contributed by atoms with Crippen molar-refractivity contribution in [1.29, 1.82) is 0 Å². The normalized spacial score (nSPS) is 17.3. The van der Waals surface area contributed by atoms with Crippen LogP contribution in [0.25, 0.3) is 0 Å². The molecule has 0 saturated carbocycles. The molecule has 0 radical (unpaired) electrons. The molecular formula is C14H25N3O. The first kappa shape index (κ1) is 15.0. The molecule has 0 bridgehead atoms. The minimum atomic E-state index is 0.147. The van der Waals surface area contributed by atoms with Gasteiger partial charge in [0.05, 0.1) is 6.54 Å². The summed E-state index contributed by atoms with van der Waals surface area (Å²) in [5, 5.41) is 6.34. The highest BCUT2D eigenvalue weighted by Gasteiger charge is 2.17. The topological polar surface area (TPSA) is 44.4 Å². The number of nitrogens with zero attached hydrogens (tertiary/aromatic N) is 1. The quantitative estimate of drug-likeness (QED) is 0.651. The molecule has 4 nitrogen and oxygen atoms in total. The van der Waals surface area contributed by atoms with Crippen LogP contribution in [0.15, 0.2) is 0 Å². The predicted molar refractivity (Wildman–Crippen MR) is 74.2 cm³/mol. The molecule has 2 N–H and O–H groups in total.